The van der Waals surface area contributed by atoms with Gasteiger partial charge in [0.1, 0.15) is 6.61 Å². The SMILES string of the molecule is COc1cc(CN(CCN2CCOCC2)C(=O)CC(C)(C)C)ccc1OCc1ccccc1. The van der Waals surface area contributed by atoms with Crippen LogP contribution >= 0.6 is 0 Å². The standard InChI is InChI=1S/C27H38N2O4/c1-27(2,3)19-26(30)29(13-12-28-14-16-32-17-15-28)20-23-10-11-24(25(18-23)31-4)33-21-22-8-6-5-7-9-22/h5-11,18H,12-17,19-21H2,1-4H3. The van der Waals surface area contributed by atoms with Crippen LogP contribution in [0.3, 0.4) is 0 Å². The Balaban J connectivity index is 1.68. The highest BCUT2D eigenvalue weighted by Crippen LogP contribution is 2.30. The molecular formula is C27H38N2O4. The number of hydrogen-bond acceptors (Lipinski definition) is 5. The second-order valence-electron chi connectivity index (χ2n) is 9.77. The molecule has 6 heteroatoms. The maximum absolute atomic E-state index is 13.1. The van der Waals surface area contributed by atoms with Crippen LogP contribution in [-0.2, 0) is 22.7 Å². The Labute approximate surface area is 198 Å². The van der Waals surface area contributed by atoms with E-state index in [4.69, 9.17) is 14.2 Å². The zero-order valence-corrected chi connectivity index (χ0v) is 20.5. The van der Waals surface area contributed by atoms with Crippen LogP contribution in [0.15, 0.2) is 48.5 Å². The van der Waals surface area contributed by atoms with Crippen LogP contribution < -0.4 is 9.47 Å². The molecule has 0 bridgehead atoms. The first-order valence-corrected chi connectivity index (χ1v) is 11.8. The van der Waals surface area contributed by atoms with Crippen molar-refractivity contribution < 1.29 is 19.0 Å². The number of nitrogens with zero attached hydrogens (tertiary/aromatic N) is 2. The number of carbonyl (C=O) groups is 1. The van der Waals surface area contributed by atoms with Crippen LogP contribution in [0.25, 0.3) is 0 Å². The fourth-order valence-corrected chi connectivity index (χ4v) is 3.83. The van der Waals surface area contributed by atoms with Gasteiger partial charge < -0.3 is 19.1 Å². The molecule has 0 aromatic heterocycles. The molecule has 0 radical (unpaired) electrons. The molecule has 33 heavy (non-hydrogen) atoms. The first kappa shape index (κ1) is 25.1. The van der Waals surface area contributed by atoms with Crippen molar-refractivity contribution in [2.24, 2.45) is 5.41 Å². The minimum absolute atomic E-state index is 0.0544. The fraction of sp³-hybridized carbons (Fsp3) is 0.519. The minimum atomic E-state index is -0.0544. The molecule has 0 N–H and O–H groups in total. The first-order chi connectivity index (χ1) is 15.8. The molecule has 1 aliphatic heterocycles. The number of methoxy groups -OCH3 is 1. The average Bonchev–Trinajstić information content (AvgIpc) is 2.81. The van der Waals surface area contributed by atoms with E-state index >= 15 is 0 Å². The van der Waals surface area contributed by atoms with Gasteiger partial charge in [-0.25, -0.2) is 0 Å². The normalized spacial score (nSPS) is 14.7. The van der Waals surface area contributed by atoms with E-state index in [1.807, 2.05) is 53.4 Å². The summed E-state index contributed by atoms with van der Waals surface area (Å²) in [4.78, 5) is 17.5. The molecule has 1 heterocycles. The summed E-state index contributed by atoms with van der Waals surface area (Å²) in [5.41, 5.74) is 2.08. The summed E-state index contributed by atoms with van der Waals surface area (Å²) in [6.45, 7) is 12.3. The monoisotopic (exact) mass is 454 g/mol. The van der Waals surface area contributed by atoms with Gasteiger partial charge >= 0.3 is 0 Å². The predicted molar refractivity (Wildman–Crippen MR) is 131 cm³/mol. The van der Waals surface area contributed by atoms with Gasteiger partial charge in [0.25, 0.3) is 0 Å². The van der Waals surface area contributed by atoms with Crippen LogP contribution in [0.5, 0.6) is 11.5 Å². The van der Waals surface area contributed by atoms with Crippen LogP contribution in [0.4, 0.5) is 0 Å². The molecule has 0 unspecified atom stereocenters. The quantitative estimate of drug-likeness (QED) is 0.534. The van der Waals surface area contributed by atoms with Gasteiger partial charge in [0.2, 0.25) is 5.91 Å². The maximum atomic E-state index is 13.1. The summed E-state index contributed by atoms with van der Waals surface area (Å²) < 4.78 is 17.0. The van der Waals surface area contributed by atoms with Crippen LogP contribution in [0, 0.1) is 5.41 Å². The summed E-state index contributed by atoms with van der Waals surface area (Å²) in [6, 6.07) is 16.0. The van der Waals surface area contributed by atoms with E-state index in [-0.39, 0.29) is 11.3 Å². The van der Waals surface area contributed by atoms with Crippen molar-refractivity contribution >= 4 is 5.91 Å². The number of morpholine rings is 1. The Morgan fingerprint density at radius 2 is 1.76 bits per heavy atom. The van der Waals surface area contributed by atoms with Crippen LogP contribution in [-0.4, -0.2) is 62.2 Å². The molecule has 6 nitrogen and oxygen atoms in total. The summed E-state index contributed by atoms with van der Waals surface area (Å²) in [7, 11) is 1.65. The zero-order valence-electron chi connectivity index (χ0n) is 20.5. The van der Waals surface area contributed by atoms with Gasteiger partial charge in [-0.05, 0) is 28.7 Å². The lowest BCUT2D eigenvalue weighted by Crippen LogP contribution is -2.43. The average molecular weight is 455 g/mol. The van der Waals surface area contributed by atoms with E-state index < -0.39 is 0 Å². The molecule has 1 saturated heterocycles. The van der Waals surface area contributed by atoms with Crippen molar-refractivity contribution in [1.29, 1.82) is 0 Å². The van der Waals surface area contributed by atoms with Gasteiger partial charge in [-0.15, -0.1) is 0 Å². The topological polar surface area (TPSA) is 51.2 Å². The lowest BCUT2D eigenvalue weighted by atomic mass is 9.91. The number of benzene rings is 2. The van der Waals surface area contributed by atoms with Gasteiger partial charge in [0, 0.05) is 39.1 Å². The van der Waals surface area contributed by atoms with Crippen molar-refractivity contribution in [2.45, 2.75) is 40.3 Å². The third kappa shape index (κ3) is 8.37. The molecule has 0 atom stereocenters. The Kier molecular flexibility index (Phi) is 9.15. The highest BCUT2D eigenvalue weighted by molar-refractivity contribution is 5.76. The van der Waals surface area contributed by atoms with E-state index in [0.29, 0.717) is 37.6 Å². The van der Waals surface area contributed by atoms with Crippen molar-refractivity contribution in [2.75, 3.05) is 46.5 Å². The molecule has 180 valence electrons. The lowest BCUT2D eigenvalue weighted by Gasteiger charge is -2.31. The van der Waals surface area contributed by atoms with Gasteiger partial charge in [0.15, 0.2) is 11.5 Å². The highest BCUT2D eigenvalue weighted by Gasteiger charge is 2.23. The Bertz CT molecular complexity index is 873. The fourth-order valence-electron chi connectivity index (χ4n) is 3.83. The van der Waals surface area contributed by atoms with Crippen molar-refractivity contribution in [1.82, 2.24) is 9.80 Å². The highest BCUT2D eigenvalue weighted by atomic mass is 16.5. The van der Waals surface area contributed by atoms with Crippen molar-refractivity contribution in [3.63, 3.8) is 0 Å². The van der Waals surface area contributed by atoms with E-state index in [1.165, 1.54) is 0 Å². The molecule has 0 spiro atoms. The Morgan fingerprint density at radius 3 is 2.42 bits per heavy atom. The van der Waals surface area contributed by atoms with E-state index in [2.05, 4.69) is 25.7 Å². The molecule has 1 amide bonds. The first-order valence-electron chi connectivity index (χ1n) is 11.8. The molecule has 1 fully saturated rings. The Morgan fingerprint density at radius 1 is 1.03 bits per heavy atom. The van der Waals surface area contributed by atoms with E-state index in [1.54, 1.807) is 7.11 Å². The van der Waals surface area contributed by atoms with Crippen LogP contribution in [0.2, 0.25) is 0 Å². The lowest BCUT2D eigenvalue weighted by molar-refractivity contribution is -0.134. The van der Waals surface area contributed by atoms with Crippen molar-refractivity contribution in [3.05, 3.63) is 59.7 Å². The summed E-state index contributed by atoms with van der Waals surface area (Å²) in [6.07, 6.45) is 0.519. The number of rotatable bonds is 10. The summed E-state index contributed by atoms with van der Waals surface area (Å²) in [5, 5.41) is 0. The molecule has 2 aromatic rings. The van der Waals surface area contributed by atoms with Crippen molar-refractivity contribution in [3.8, 4) is 11.5 Å². The molecule has 3 rings (SSSR count). The van der Waals surface area contributed by atoms with Gasteiger partial charge in [-0.3, -0.25) is 9.69 Å². The summed E-state index contributed by atoms with van der Waals surface area (Å²) >= 11 is 0. The second kappa shape index (κ2) is 12.1. The van der Waals surface area contributed by atoms with Gasteiger partial charge in [-0.1, -0.05) is 57.2 Å². The third-order valence-corrected chi connectivity index (χ3v) is 5.66. The third-order valence-electron chi connectivity index (χ3n) is 5.66. The number of ether oxygens (including phenoxy) is 3. The minimum Gasteiger partial charge on any atom is -0.493 e. The van der Waals surface area contributed by atoms with E-state index in [9.17, 15) is 4.79 Å². The molecule has 1 aliphatic rings. The Hall–Kier alpha value is -2.57. The smallest absolute Gasteiger partial charge is 0.223 e. The maximum Gasteiger partial charge on any atom is 0.223 e. The zero-order chi connectivity index (χ0) is 23.7. The number of carbonyl (C=O) groups excluding carboxylic acids is 1. The largest absolute Gasteiger partial charge is 0.493 e. The van der Waals surface area contributed by atoms with Crippen LogP contribution in [0.1, 0.15) is 38.3 Å². The molecule has 2 aromatic carbocycles. The molecular weight excluding hydrogens is 416 g/mol. The number of hydrogen-bond donors (Lipinski definition) is 0. The van der Waals surface area contributed by atoms with E-state index in [0.717, 1.165) is 44.0 Å². The summed E-state index contributed by atoms with van der Waals surface area (Å²) in [5.74, 6) is 1.56. The van der Waals surface area contributed by atoms with Gasteiger partial charge in [-0.2, -0.15) is 0 Å². The molecule has 0 saturated carbocycles. The predicted octanol–water partition coefficient (Wildman–Crippen LogP) is 4.37. The second-order valence-corrected chi connectivity index (χ2v) is 9.77. The number of amides is 1. The molecule has 0 aliphatic carbocycles. The van der Waals surface area contributed by atoms with Gasteiger partial charge in [0.05, 0.1) is 20.3 Å².